The summed E-state index contributed by atoms with van der Waals surface area (Å²) in [5, 5.41) is 9.92. The first kappa shape index (κ1) is 14.8. The zero-order chi connectivity index (χ0) is 13.1. The smallest absolute Gasteiger partial charge is 0.389 e. The van der Waals surface area contributed by atoms with Crippen molar-refractivity contribution >= 4 is 27.5 Å². The van der Waals surface area contributed by atoms with Crippen LogP contribution in [0.5, 0.6) is 0 Å². The molecule has 1 aromatic rings. The maximum atomic E-state index is 11.9. The Balaban J connectivity index is 2.53. The van der Waals surface area contributed by atoms with Crippen LogP contribution in [0.2, 0.25) is 5.02 Å². The number of benzene rings is 1. The largest absolute Gasteiger partial charge is 0.393 e. The molecule has 0 spiro atoms. The summed E-state index contributed by atoms with van der Waals surface area (Å²) < 4.78 is 36.6. The van der Waals surface area contributed by atoms with E-state index in [9.17, 15) is 18.3 Å². The number of rotatable bonds is 4. The van der Waals surface area contributed by atoms with Gasteiger partial charge in [-0.25, -0.2) is 0 Å². The van der Waals surface area contributed by atoms with Gasteiger partial charge in [-0.2, -0.15) is 13.2 Å². The van der Waals surface area contributed by atoms with Crippen molar-refractivity contribution in [1.29, 1.82) is 0 Å². The van der Waals surface area contributed by atoms with Crippen molar-refractivity contribution in [1.82, 2.24) is 0 Å². The molecule has 0 saturated carbocycles. The van der Waals surface area contributed by atoms with Crippen LogP contribution in [0.4, 0.5) is 13.2 Å². The fourth-order valence-electron chi connectivity index (χ4n) is 1.37. The van der Waals surface area contributed by atoms with E-state index in [1.807, 2.05) is 0 Å². The molecule has 1 atom stereocenters. The van der Waals surface area contributed by atoms with E-state index in [0.29, 0.717) is 10.6 Å². The number of aliphatic hydroxyl groups excluding tert-OH is 1. The Bertz CT molecular complexity index is 381. The number of hydrogen-bond donors (Lipinski definition) is 1. The highest BCUT2D eigenvalue weighted by Gasteiger charge is 2.27. The minimum absolute atomic E-state index is 0.127. The van der Waals surface area contributed by atoms with Crippen molar-refractivity contribution in [3.63, 3.8) is 0 Å². The molecular formula is C11H11BrClF3O. The van der Waals surface area contributed by atoms with Crippen molar-refractivity contribution in [2.45, 2.75) is 31.5 Å². The minimum Gasteiger partial charge on any atom is -0.393 e. The maximum Gasteiger partial charge on any atom is 0.389 e. The summed E-state index contributed by atoms with van der Waals surface area (Å²) in [5.74, 6) is 0. The van der Waals surface area contributed by atoms with Crippen molar-refractivity contribution in [3.05, 3.63) is 33.3 Å². The highest BCUT2D eigenvalue weighted by Crippen LogP contribution is 2.26. The van der Waals surface area contributed by atoms with Gasteiger partial charge in [-0.1, -0.05) is 33.6 Å². The fourth-order valence-corrected chi connectivity index (χ4v) is 2.12. The number of hydrogen-bond acceptors (Lipinski definition) is 1. The van der Waals surface area contributed by atoms with Crippen LogP contribution in [0.15, 0.2) is 22.7 Å². The number of aliphatic hydroxyl groups is 1. The lowest BCUT2D eigenvalue weighted by atomic mass is 10.0. The molecule has 6 heteroatoms. The van der Waals surface area contributed by atoms with Gasteiger partial charge >= 0.3 is 6.18 Å². The summed E-state index contributed by atoms with van der Waals surface area (Å²) in [4.78, 5) is 0. The predicted molar refractivity (Wildman–Crippen MR) is 64.2 cm³/mol. The van der Waals surface area contributed by atoms with Gasteiger partial charge in [0.25, 0.3) is 0 Å². The molecule has 0 heterocycles. The molecule has 1 rings (SSSR count). The van der Waals surface area contributed by atoms with Crippen LogP contribution >= 0.6 is 27.5 Å². The van der Waals surface area contributed by atoms with Crippen molar-refractivity contribution in [2.24, 2.45) is 0 Å². The molecule has 1 nitrogen and oxygen atoms in total. The van der Waals surface area contributed by atoms with Gasteiger partial charge in [-0.15, -0.1) is 0 Å². The highest BCUT2D eigenvalue weighted by atomic mass is 79.9. The minimum atomic E-state index is -4.23. The molecule has 0 aliphatic rings. The zero-order valence-electron chi connectivity index (χ0n) is 8.77. The van der Waals surface area contributed by atoms with Crippen LogP contribution in [-0.4, -0.2) is 17.4 Å². The molecule has 0 bridgehead atoms. The van der Waals surface area contributed by atoms with E-state index < -0.39 is 18.7 Å². The average molecular weight is 332 g/mol. The third kappa shape index (κ3) is 5.75. The maximum absolute atomic E-state index is 11.9. The first-order chi connectivity index (χ1) is 7.78. The predicted octanol–water partition coefficient (Wildman–Crippen LogP) is 4.35. The molecule has 96 valence electrons. The molecule has 17 heavy (non-hydrogen) atoms. The van der Waals surface area contributed by atoms with Crippen molar-refractivity contribution < 1.29 is 18.3 Å². The first-order valence-corrected chi connectivity index (χ1v) is 6.14. The molecule has 0 fully saturated rings. The average Bonchev–Trinajstić information content (AvgIpc) is 2.18. The summed E-state index contributed by atoms with van der Waals surface area (Å²) in [6.45, 7) is 0. The zero-order valence-corrected chi connectivity index (χ0v) is 11.1. The Morgan fingerprint density at radius 2 is 2.00 bits per heavy atom. The summed E-state index contributed by atoms with van der Waals surface area (Å²) in [6.07, 6.45) is -6.43. The van der Waals surface area contributed by atoms with E-state index in [4.69, 9.17) is 11.6 Å². The van der Waals surface area contributed by atoms with E-state index in [2.05, 4.69) is 15.9 Å². The summed E-state index contributed by atoms with van der Waals surface area (Å²) in [7, 11) is 0. The van der Waals surface area contributed by atoms with Crippen LogP contribution in [0.3, 0.4) is 0 Å². The number of halogens is 5. The van der Waals surface area contributed by atoms with Crippen LogP contribution in [-0.2, 0) is 6.42 Å². The van der Waals surface area contributed by atoms with Crippen LogP contribution in [0, 0.1) is 0 Å². The summed E-state index contributed by atoms with van der Waals surface area (Å²) in [5.41, 5.74) is 0.643. The quantitative estimate of drug-likeness (QED) is 0.870. The second-order valence-electron chi connectivity index (χ2n) is 3.75. The molecular weight excluding hydrogens is 320 g/mol. The van der Waals surface area contributed by atoms with Crippen LogP contribution in [0.25, 0.3) is 0 Å². The fraction of sp³-hybridized carbons (Fsp3) is 0.455. The monoisotopic (exact) mass is 330 g/mol. The topological polar surface area (TPSA) is 20.2 Å². The first-order valence-electron chi connectivity index (χ1n) is 4.96. The molecule has 0 saturated heterocycles. The normalized spacial score (nSPS) is 13.8. The molecule has 1 N–H and O–H groups in total. The lowest BCUT2D eigenvalue weighted by Crippen LogP contribution is -2.16. The molecule has 0 aliphatic carbocycles. The van der Waals surface area contributed by atoms with Gasteiger partial charge in [-0.05, 0) is 30.5 Å². The summed E-state index contributed by atoms with van der Waals surface area (Å²) >= 11 is 9.12. The molecule has 1 aromatic carbocycles. The Morgan fingerprint density at radius 3 is 2.53 bits per heavy atom. The molecule has 0 aliphatic heterocycles. The van der Waals surface area contributed by atoms with Crippen molar-refractivity contribution in [3.8, 4) is 0 Å². The van der Waals surface area contributed by atoms with Gasteiger partial charge in [0, 0.05) is 15.9 Å². The van der Waals surface area contributed by atoms with E-state index >= 15 is 0 Å². The molecule has 0 aromatic heterocycles. The summed E-state index contributed by atoms with van der Waals surface area (Å²) in [6, 6.07) is 5.06. The Hall–Kier alpha value is -0.260. The Labute approximate surface area is 111 Å². The van der Waals surface area contributed by atoms with Gasteiger partial charge < -0.3 is 5.11 Å². The standard InChI is InChI=1S/C11H11BrClF3O/c12-8-2-1-7(10(13)6-8)5-9(17)3-4-11(14,15)16/h1-2,6,9,17H,3-5H2. The second kappa shape index (κ2) is 6.07. The van der Waals surface area contributed by atoms with E-state index in [-0.39, 0.29) is 12.8 Å². The molecule has 0 radical (unpaired) electrons. The van der Waals surface area contributed by atoms with Crippen LogP contribution in [0.1, 0.15) is 18.4 Å². The lowest BCUT2D eigenvalue weighted by Gasteiger charge is -2.13. The van der Waals surface area contributed by atoms with Gasteiger partial charge in [0.05, 0.1) is 6.10 Å². The SMILES string of the molecule is OC(CCC(F)(F)F)Cc1ccc(Br)cc1Cl. The van der Waals surface area contributed by atoms with Gasteiger partial charge in [-0.3, -0.25) is 0 Å². The lowest BCUT2D eigenvalue weighted by molar-refractivity contribution is -0.139. The van der Waals surface area contributed by atoms with Gasteiger partial charge in [0.2, 0.25) is 0 Å². The second-order valence-corrected chi connectivity index (χ2v) is 5.07. The molecule has 0 amide bonds. The van der Waals surface area contributed by atoms with Gasteiger partial charge in [0.1, 0.15) is 0 Å². The Morgan fingerprint density at radius 1 is 1.35 bits per heavy atom. The van der Waals surface area contributed by atoms with E-state index in [1.54, 1.807) is 18.2 Å². The van der Waals surface area contributed by atoms with Crippen LogP contribution < -0.4 is 0 Å². The highest BCUT2D eigenvalue weighted by molar-refractivity contribution is 9.10. The third-order valence-electron chi connectivity index (χ3n) is 2.23. The third-order valence-corrected chi connectivity index (χ3v) is 3.08. The van der Waals surface area contributed by atoms with E-state index in [0.717, 1.165) is 4.47 Å². The van der Waals surface area contributed by atoms with Crippen molar-refractivity contribution in [2.75, 3.05) is 0 Å². The number of alkyl halides is 3. The molecule has 1 unspecified atom stereocenters. The van der Waals surface area contributed by atoms with E-state index in [1.165, 1.54) is 0 Å². The van der Waals surface area contributed by atoms with Gasteiger partial charge in [0.15, 0.2) is 0 Å². The Kier molecular flexibility index (Phi) is 5.28.